The molecule has 2 N–H and O–H groups in total. The molecule has 19 heavy (non-hydrogen) atoms. The molecule has 0 unspecified atom stereocenters. The predicted molar refractivity (Wildman–Crippen MR) is 69.6 cm³/mol. The highest BCUT2D eigenvalue weighted by Crippen LogP contribution is 2.15. The lowest BCUT2D eigenvalue weighted by Crippen LogP contribution is -2.31. The number of benzene rings is 1. The summed E-state index contributed by atoms with van der Waals surface area (Å²) < 4.78 is 35.9. The number of nitrogens with zero attached hydrogens (tertiary/aromatic N) is 1. The molecule has 0 radical (unpaired) electrons. The molecule has 0 saturated heterocycles. The van der Waals surface area contributed by atoms with Crippen LogP contribution >= 0.6 is 0 Å². The topological polar surface area (TPSA) is 80.5 Å². The zero-order valence-electron chi connectivity index (χ0n) is 11.1. The summed E-state index contributed by atoms with van der Waals surface area (Å²) >= 11 is 0. The summed E-state index contributed by atoms with van der Waals surface area (Å²) in [5, 5.41) is 4.89. The number of sulfonamides is 1. The Bertz CT molecular complexity index is 585. The van der Waals surface area contributed by atoms with Gasteiger partial charge in [0, 0.05) is 13.6 Å². The minimum Gasteiger partial charge on any atom is -0.341 e. The number of rotatable bonds is 4. The van der Waals surface area contributed by atoms with Gasteiger partial charge in [-0.1, -0.05) is 13.8 Å². The van der Waals surface area contributed by atoms with E-state index < -0.39 is 21.7 Å². The van der Waals surface area contributed by atoms with Crippen molar-refractivity contribution in [3.8, 4) is 0 Å². The molecule has 0 bridgehead atoms. The van der Waals surface area contributed by atoms with Gasteiger partial charge in [0.1, 0.15) is 5.82 Å². The van der Waals surface area contributed by atoms with Crippen LogP contribution in [0.25, 0.3) is 0 Å². The summed E-state index contributed by atoms with van der Waals surface area (Å²) in [6.07, 6.45) is 0. The minimum absolute atomic E-state index is 0.171. The van der Waals surface area contributed by atoms with Crippen LogP contribution in [-0.2, 0) is 10.0 Å². The van der Waals surface area contributed by atoms with Gasteiger partial charge in [-0.05, 0) is 24.1 Å². The Morgan fingerprint density at radius 1 is 1.42 bits per heavy atom. The summed E-state index contributed by atoms with van der Waals surface area (Å²) in [7, 11) is -2.41. The molecule has 0 heterocycles. The quantitative estimate of drug-likeness (QED) is 0.904. The number of carbonyl (C=O) groups is 1. The van der Waals surface area contributed by atoms with Crippen LogP contribution in [-0.4, -0.2) is 32.8 Å². The van der Waals surface area contributed by atoms with E-state index in [0.29, 0.717) is 6.54 Å². The predicted octanol–water partition coefficient (Wildman–Crippen LogP) is 1.20. The average molecular weight is 288 g/mol. The molecule has 1 aromatic rings. The Morgan fingerprint density at radius 3 is 2.42 bits per heavy atom. The van der Waals surface area contributed by atoms with Gasteiger partial charge in [-0.15, -0.1) is 0 Å². The molecular formula is C12H17FN2O3S. The Hall–Kier alpha value is -1.47. The van der Waals surface area contributed by atoms with Crippen molar-refractivity contribution < 1.29 is 17.6 Å². The van der Waals surface area contributed by atoms with E-state index in [4.69, 9.17) is 5.14 Å². The summed E-state index contributed by atoms with van der Waals surface area (Å²) in [4.78, 5) is 13.0. The first kappa shape index (κ1) is 15.6. The van der Waals surface area contributed by atoms with Crippen LogP contribution < -0.4 is 5.14 Å². The molecule has 0 atom stereocenters. The van der Waals surface area contributed by atoms with Crippen molar-refractivity contribution in [3.05, 3.63) is 29.6 Å². The molecule has 0 fully saturated rings. The van der Waals surface area contributed by atoms with E-state index in [1.807, 2.05) is 13.8 Å². The van der Waals surface area contributed by atoms with Crippen LogP contribution in [0.1, 0.15) is 24.2 Å². The highest BCUT2D eigenvalue weighted by atomic mass is 32.2. The summed E-state index contributed by atoms with van der Waals surface area (Å²) in [6.45, 7) is 4.35. The lowest BCUT2D eigenvalue weighted by Gasteiger charge is -2.19. The van der Waals surface area contributed by atoms with Crippen LogP contribution in [0, 0.1) is 11.7 Å². The smallest absolute Gasteiger partial charge is 0.256 e. The van der Waals surface area contributed by atoms with Crippen LogP contribution in [0.3, 0.4) is 0 Å². The fraction of sp³-hybridized carbons (Fsp3) is 0.417. The second-order valence-corrected chi connectivity index (χ2v) is 6.33. The Labute approximate surface area is 112 Å². The highest BCUT2D eigenvalue weighted by molar-refractivity contribution is 7.89. The molecule has 0 aliphatic heterocycles. The molecule has 1 amide bonds. The summed E-state index contributed by atoms with van der Waals surface area (Å²) in [5.41, 5.74) is -0.171. The van der Waals surface area contributed by atoms with E-state index >= 15 is 0 Å². The zero-order chi connectivity index (χ0) is 14.8. The first-order valence-electron chi connectivity index (χ1n) is 5.70. The number of primary sulfonamides is 1. The molecule has 0 aromatic heterocycles. The van der Waals surface area contributed by atoms with Crippen LogP contribution in [0.15, 0.2) is 23.1 Å². The first-order valence-corrected chi connectivity index (χ1v) is 7.25. The van der Waals surface area contributed by atoms with E-state index in [-0.39, 0.29) is 16.4 Å². The number of halogens is 1. The van der Waals surface area contributed by atoms with Gasteiger partial charge in [-0.25, -0.2) is 17.9 Å². The number of amides is 1. The standard InChI is InChI=1S/C12H17FN2O3S/c1-8(2)7-15(3)12(16)10-5-4-9(6-11(10)13)19(14,17)18/h4-6,8H,7H2,1-3H3,(H2,14,17,18). The van der Waals surface area contributed by atoms with E-state index in [0.717, 1.165) is 18.2 Å². The van der Waals surface area contributed by atoms with Crippen molar-refractivity contribution in [3.63, 3.8) is 0 Å². The maximum Gasteiger partial charge on any atom is 0.256 e. The van der Waals surface area contributed by atoms with E-state index in [1.165, 1.54) is 4.90 Å². The molecule has 1 aromatic carbocycles. The molecule has 0 spiro atoms. The lowest BCUT2D eigenvalue weighted by atomic mass is 10.1. The normalized spacial score (nSPS) is 11.7. The molecule has 7 heteroatoms. The van der Waals surface area contributed by atoms with Crippen molar-refractivity contribution >= 4 is 15.9 Å². The third-order valence-corrected chi connectivity index (χ3v) is 3.40. The summed E-state index contributed by atoms with van der Waals surface area (Å²) in [6, 6.07) is 3.01. The zero-order valence-corrected chi connectivity index (χ0v) is 11.9. The summed E-state index contributed by atoms with van der Waals surface area (Å²) in [5.74, 6) is -1.14. The molecular weight excluding hydrogens is 271 g/mol. The molecule has 5 nitrogen and oxygen atoms in total. The van der Waals surface area contributed by atoms with Gasteiger partial charge in [-0.3, -0.25) is 4.79 Å². The second kappa shape index (κ2) is 5.66. The molecule has 0 aliphatic carbocycles. The largest absolute Gasteiger partial charge is 0.341 e. The monoisotopic (exact) mass is 288 g/mol. The van der Waals surface area contributed by atoms with Crippen molar-refractivity contribution in [2.24, 2.45) is 11.1 Å². The van der Waals surface area contributed by atoms with Crippen LogP contribution in [0.2, 0.25) is 0 Å². The first-order chi connectivity index (χ1) is 8.62. The Morgan fingerprint density at radius 2 is 2.00 bits per heavy atom. The Kier molecular flexibility index (Phi) is 4.65. The van der Waals surface area contributed by atoms with E-state index in [1.54, 1.807) is 7.05 Å². The SMILES string of the molecule is CC(C)CN(C)C(=O)c1ccc(S(N)(=O)=O)cc1F. The maximum atomic E-state index is 13.8. The van der Waals surface area contributed by atoms with Crippen molar-refractivity contribution in [1.29, 1.82) is 0 Å². The molecule has 1 rings (SSSR count). The van der Waals surface area contributed by atoms with Gasteiger partial charge in [0.15, 0.2) is 0 Å². The van der Waals surface area contributed by atoms with Crippen molar-refractivity contribution in [2.75, 3.05) is 13.6 Å². The maximum absolute atomic E-state index is 13.8. The van der Waals surface area contributed by atoms with Gasteiger partial charge >= 0.3 is 0 Å². The fourth-order valence-corrected chi connectivity index (χ4v) is 2.21. The second-order valence-electron chi connectivity index (χ2n) is 4.77. The minimum atomic E-state index is -3.97. The molecule has 0 aliphatic rings. The van der Waals surface area contributed by atoms with Crippen LogP contribution in [0.5, 0.6) is 0 Å². The van der Waals surface area contributed by atoms with E-state index in [2.05, 4.69) is 0 Å². The molecule has 106 valence electrons. The highest BCUT2D eigenvalue weighted by Gasteiger charge is 2.19. The van der Waals surface area contributed by atoms with Crippen molar-refractivity contribution in [2.45, 2.75) is 18.7 Å². The van der Waals surface area contributed by atoms with Gasteiger partial charge in [0.25, 0.3) is 5.91 Å². The van der Waals surface area contributed by atoms with Gasteiger partial charge < -0.3 is 4.90 Å². The number of carbonyl (C=O) groups excluding carboxylic acids is 1. The fourth-order valence-electron chi connectivity index (χ4n) is 1.68. The van der Waals surface area contributed by atoms with Crippen molar-refractivity contribution in [1.82, 2.24) is 4.90 Å². The van der Waals surface area contributed by atoms with E-state index in [9.17, 15) is 17.6 Å². The molecule has 0 saturated carbocycles. The number of hydrogen-bond donors (Lipinski definition) is 1. The number of hydrogen-bond acceptors (Lipinski definition) is 3. The third kappa shape index (κ3) is 4.00. The van der Waals surface area contributed by atoms with Gasteiger partial charge in [0.05, 0.1) is 10.5 Å². The average Bonchev–Trinajstić information content (AvgIpc) is 2.25. The Balaban J connectivity index is 3.07. The third-order valence-electron chi connectivity index (χ3n) is 2.49. The van der Waals surface area contributed by atoms with Gasteiger partial charge in [0.2, 0.25) is 10.0 Å². The van der Waals surface area contributed by atoms with Crippen LogP contribution in [0.4, 0.5) is 4.39 Å². The number of nitrogens with two attached hydrogens (primary N) is 1. The lowest BCUT2D eigenvalue weighted by molar-refractivity contribution is 0.0774. The van der Waals surface area contributed by atoms with Gasteiger partial charge in [-0.2, -0.15) is 0 Å².